The van der Waals surface area contributed by atoms with Crippen LogP contribution in [0.4, 0.5) is 0 Å². The molecule has 0 amide bonds. The molecule has 2 unspecified atom stereocenters. The maximum absolute atomic E-state index is 10.1. The van der Waals surface area contributed by atoms with Gasteiger partial charge in [-0.2, -0.15) is 0 Å². The second-order valence-corrected chi connectivity index (χ2v) is 5.77. The lowest BCUT2D eigenvalue weighted by Crippen LogP contribution is -2.33. The molecule has 2 atom stereocenters. The lowest BCUT2D eigenvalue weighted by atomic mass is 10.1. The van der Waals surface area contributed by atoms with Crippen molar-refractivity contribution in [2.24, 2.45) is 0 Å². The summed E-state index contributed by atoms with van der Waals surface area (Å²) in [5.74, 6) is 0.834. The van der Waals surface area contributed by atoms with E-state index in [1.165, 1.54) is 11.1 Å². The number of ether oxygens (including phenoxy) is 1. The van der Waals surface area contributed by atoms with Gasteiger partial charge in [0.05, 0.1) is 0 Å². The molecule has 0 saturated carbocycles. The van der Waals surface area contributed by atoms with Gasteiger partial charge in [0.25, 0.3) is 0 Å². The van der Waals surface area contributed by atoms with Crippen LogP contribution in [0.5, 0.6) is 5.75 Å². The van der Waals surface area contributed by atoms with Gasteiger partial charge in [0.1, 0.15) is 18.5 Å². The Bertz CT molecular complexity index is 583. The van der Waals surface area contributed by atoms with Crippen molar-refractivity contribution in [2.45, 2.75) is 32.9 Å². The van der Waals surface area contributed by atoms with Crippen LogP contribution in [0, 0.1) is 13.8 Å². The standard InChI is InChI=1S/C19H25NO2/c1-14-9-10-19(15(2)11-14)22-13-18(21)12-20-16(3)17-7-5-4-6-8-17/h4-11,16,18,20-21H,12-13H2,1-3H3. The van der Waals surface area contributed by atoms with E-state index in [1.807, 2.05) is 37.3 Å². The molecule has 0 spiro atoms. The molecular formula is C19H25NO2. The Balaban J connectivity index is 1.77. The van der Waals surface area contributed by atoms with E-state index in [4.69, 9.17) is 4.74 Å². The highest BCUT2D eigenvalue weighted by Gasteiger charge is 2.10. The number of aryl methyl sites for hydroxylation is 2. The second kappa shape index (κ2) is 7.97. The number of nitrogens with one attached hydrogen (secondary N) is 1. The third kappa shape index (κ3) is 4.86. The second-order valence-electron chi connectivity index (χ2n) is 5.77. The van der Waals surface area contributed by atoms with Gasteiger partial charge in [-0.1, -0.05) is 48.0 Å². The summed E-state index contributed by atoms with van der Waals surface area (Å²) in [5, 5.41) is 13.4. The number of benzene rings is 2. The minimum atomic E-state index is -0.535. The maximum atomic E-state index is 10.1. The molecule has 118 valence electrons. The molecule has 0 aliphatic carbocycles. The van der Waals surface area contributed by atoms with E-state index >= 15 is 0 Å². The Kier molecular flexibility index (Phi) is 5.99. The third-order valence-electron chi connectivity index (χ3n) is 3.72. The van der Waals surface area contributed by atoms with Gasteiger partial charge in [-0.25, -0.2) is 0 Å². The average Bonchev–Trinajstić information content (AvgIpc) is 2.52. The summed E-state index contributed by atoms with van der Waals surface area (Å²) >= 11 is 0. The number of aliphatic hydroxyl groups excluding tert-OH is 1. The molecule has 0 aliphatic rings. The summed E-state index contributed by atoms with van der Waals surface area (Å²) in [4.78, 5) is 0. The summed E-state index contributed by atoms with van der Waals surface area (Å²) < 4.78 is 5.70. The van der Waals surface area contributed by atoms with Crippen molar-refractivity contribution in [3.05, 3.63) is 65.2 Å². The van der Waals surface area contributed by atoms with Crippen LogP contribution in [0.2, 0.25) is 0 Å². The lowest BCUT2D eigenvalue weighted by Gasteiger charge is -2.18. The van der Waals surface area contributed by atoms with E-state index in [9.17, 15) is 5.11 Å². The Morgan fingerprint density at radius 2 is 1.82 bits per heavy atom. The van der Waals surface area contributed by atoms with Gasteiger partial charge in [-0.15, -0.1) is 0 Å². The number of hydrogen-bond donors (Lipinski definition) is 2. The molecule has 2 rings (SSSR count). The molecule has 2 aromatic carbocycles. The maximum Gasteiger partial charge on any atom is 0.122 e. The molecule has 3 heteroatoms. The van der Waals surface area contributed by atoms with Crippen molar-refractivity contribution in [3.8, 4) is 5.75 Å². The zero-order valence-electron chi connectivity index (χ0n) is 13.5. The van der Waals surface area contributed by atoms with E-state index < -0.39 is 6.10 Å². The first-order valence-electron chi connectivity index (χ1n) is 7.72. The molecule has 0 aliphatic heterocycles. The average molecular weight is 299 g/mol. The predicted molar refractivity (Wildman–Crippen MR) is 90.3 cm³/mol. The molecule has 2 N–H and O–H groups in total. The van der Waals surface area contributed by atoms with Crippen LogP contribution in [-0.2, 0) is 0 Å². The van der Waals surface area contributed by atoms with Crippen molar-refractivity contribution in [1.29, 1.82) is 0 Å². The van der Waals surface area contributed by atoms with Crippen molar-refractivity contribution in [2.75, 3.05) is 13.2 Å². The summed E-state index contributed by atoms with van der Waals surface area (Å²) in [6, 6.07) is 16.5. The van der Waals surface area contributed by atoms with Gasteiger partial charge in [-0.3, -0.25) is 0 Å². The number of rotatable bonds is 7. The van der Waals surface area contributed by atoms with Crippen LogP contribution >= 0.6 is 0 Å². The topological polar surface area (TPSA) is 41.5 Å². The molecule has 0 fully saturated rings. The highest BCUT2D eigenvalue weighted by Crippen LogP contribution is 2.18. The predicted octanol–water partition coefficient (Wildman–Crippen LogP) is 3.39. The monoisotopic (exact) mass is 299 g/mol. The van der Waals surface area contributed by atoms with Crippen LogP contribution < -0.4 is 10.1 Å². The van der Waals surface area contributed by atoms with Gasteiger partial charge in [-0.05, 0) is 38.0 Å². The molecule has 0 saturated heterocycles. The Hall–Kier alpha value is -1.84. The van der Waals surface area contributed by atoms with Gasteiger partial charge in [0.15, 0.2) is 0 Å². The van der Waals surface area contributed by atoms with Gasteiger partial charge in [0.2, 0.25) is 0 Å². The molecular weight excluding hydrogens is 274 g/mol. The molecule has 3 nitrogen and oxygen atoms in total. The van der Waals surface area contributed by atoms with Crippen LogP contribution in [-0.4, -0.2) is 24.4 Å². The minimum absolute atomic E-state index is 0.206. The lowest BCUT2D eigenvalue weighted by molar-refractivity contribution is 0.104. The molecule has 0 heterocycles. The molecule has 2 aromatic rings. The first-order valence-corrected chi connectivity index (χ1v) is 7.72. The quantitative estimate of drug-likeness (QED) is 0.823. The summed E-state index contributed by atoms with van der Waals surface area (Å²) in [6.07, 6.45) is -0.535. The van der Waals surface area contributed by atoms with Crippen LogP contribution in [0.1, 0.15) is 29.7 Å². The van der Waals surface area contributed by atoms with Crippen molar-refractivity contribution < 1.29 is 9.84 Å². The van der Waals surface area contributed by atoms with Gasteiger partial charge >= 0.3 is 0 Å². The highest BCUT2D eigenvalue weighted by atomic mass is 16.5. The van der Waals surface area contributed by atoms with Gasteiger partial charge in [0, 0.05) is 12.6 Å². The van der Waals surface area contributed by atoms with Crippen LogP contribution in [0.3, 0.4) is 0 Å². The largest absolute Gasteiger partial charge is 0.491 e. The van der Waals surface area contributed by atoms with Gasteiger partial charge < -0.3 is 15.2 Å². The van der Waals surface area contributed by atoms with E-state index in [0.717, 1.165) is 11.3 Å². The number of aliphatic hydroxyl groups is 1. The molecule has 0 radical (unpaired) electrons. The van der Waals surface area contributed by atoms with E-state index in [2.05, 4.69) is 37.4 Å². The molecule has 22 heavy (non-hydrogen) atoms. The SMILES string of the molecule is Cc1ccc(OCC(O)CNC(C)c2ccccc2)c(C)c1. The van der Waals surface area contributed by atoms with E-state index in [-0.39, 0.29) is 6.04 Å². The van der Waals surface area contributed by atoms with Crippen molar-refractivity contribution in [1.82, 2.24) is 5.32 Å². The zero-order chi connectivity index (χ0) is 15.9. The van der Waals surface area contributed by atoms with Crippen LogP contribution in [0.25, 0.3) is 0 Å². The summed E-state index contributed by atoms with van der Waals surface area (Å²) in [5.41, 5.74) is 3.52. The first kappa shape index (κ1) is 16.5. The van der Waals surface area contributed by atoms with Crippen molar-refractivity contribution >= 4 is 0 Å². The smallest absolute Gasteiger partial charge is 0.122 e. The Labute approximate surface area is 133 Å². The minimum Gasteiger partial charge on any atom is -0.491 e. The first-order chi connectivity index (χ1) is 10.6. The van der Waals surface area contributed by atoms with Crippen LogP contribution in [0.15, 0.2) is 48.5 Å². The fourth-order valence-electron chi connectivity index (χ4n) is 2.38. The normalized spacial score (nSPS) is 13.6. The fourth-order valence-corrected chi connectivity index (χ4v) is 2.38. The summed E-state index contributed by atoms with van der Waals surface area (Å²) in [7, 11) is 0. The summed E-state index contributed by atoms with van der Waals surface area (Å²) in [6.45, 7) is 6.96. The zero-order valence-corrected chi connectivity index (χ0v) is 13.5. The Morgan fingerprint density at radius 1 is 1.09 bits per heavy atom. The molecule has 0 bridgehead atoms. The van der Waals surface area contributed by atoms with E-state index in [0.29, 0.717) is 13.2 Å². The third-order valence-corrected chi connectivity index (χ3v) is 3.72. The Morgan fingerprint density at radius 3 is 2.50 bits per heavy atom. The van der Waals surface area contributed by atoms with E-state index in [1.54, 1.807) is 0 Å². The fraction of sp³-hybridized carbons (Fsp3) is 0.368. The highest BCUT2D eigenvalue weighted by molar-refractivity contribution is 5.35. The van der Waals surface area contributed by atoms with Crippen molar-refractivity contribution in [3.63, 3.8) is 0 Å². The number of hydrogen-bond acceptors (Lipinski definition) is 3. The molecule has 0 aromatic heterocycles.